The van der Waals surface area contributed by atoms with Crippen molar-refractivity contribution in [3.8, 4) is 11.3 Å². The highest BCUT2D eigenvalue weighted by Gasteiger charge is 2.33. The standard InChI is InChI=1S/C12H9F3N4O2/c13-12(14,15)10-7-16-6-9(18-10)8-1-3-19(17-5-8)4-2-11(20)21/h1,3,5-7H,2,4H2/p+1. The van der Waals surface area contributed by atoms with Gasteiger partial charge in [-0.05, 0) is 5.10 Å². The number of aliphatic carboxylic acids is 1. The molecule has 0 aliphatic rings. The van der Waals surface area contributed by atoms with Crippen LogP contribution in [0.4, 0.5) is 13.2 Å². The van der Waals surface area contributed by atoms with E-state index in [0.29, 0.717) is 11.8 Å². The van der Waals surface area contributed by atoms with Crippen LogP contribution >= 0.6 is 0 Å². The van der Waals surface area contributed by atoms with Crippen LogP contribution in [0.2, 0.25) is 0 Å². The summed E-state index contributed by atoms with van der Waals surface area (Å²) in [6, 6.07) is 1.50. The first-order valence-corrected chi connectivity index (χ1v) is 5.83. The zero-order valence-electron chi connectivity index (χ0n) is 10.6. The number of carboxylic acid groups (broad SMARTS) is 1. The molecule has 6 nitrogen and oxygen atoms in total. The maximum Gasteiger partial charge on any atom is 0.434 e. The summed E-state index contributed by atoms with van der Waals surface area (Å²) < 4.78 is 39.0. The lowest BCUT2D eigenvalue weighted by Gasteiger charge is -2.06. The molecular formula is C12H10F3N4O2+. The first kappa shape index (κ1) is 14.8. The molecule has 1 N–H and O–H groups in total. The summed E-state index contributed by atoms with van der Waals surface area (Å²) in [7, 11) is 0. The predicted molar refractivity (Wildman–Crippen MR) is 62.7 cm³/mol. The van der Waals surface area contributed by atoms with Crippen LogP contribution in [0.25, 0.3) is 11.3 Å². The SMILES string of the molecule is O=C(O)CC[n+]1ccc(-c2cncc(C(F)(F)F)n2)cn1. The predicted octanol–water partition coefficient (Wildman–Crippen LogP) is 1.32. The van der Waals surface area contributed by atoms with Crippen molar-refractivity contribution in [1.82, 2.24) is 15.1 Å². The molecule has 0 saturated heterocycles. The molecule has 0 aromatic carbocycles. The molecule has 0 atom stereocenters. The van der Waals surface area contributed by atoms with Crippen LogP contribution in [-0.2, 0) is 17.5 Å². The lowest BCUT2D eigenvalue weighted by atomic mass is 10.2. The minimum Gasteiger partial charge on any atom is -0.481 e. The van der Waals surface area contributed by atoms with E-state index in [9.17, 15) is 18.0 Å². The van der Waals surface area contributed by atoms with Gasteiger partial charge in [-0.2, -0.15) is 13.2 Å². The third-order valence-electron chi connectivity index (χ3n) is 2.55. The van der Waals surface area contributed by atoms with Crippen LogP contribution in [0, 0.1) is 0 Å². The molecule has 0 aliphatic heterocycles. The van der Waals surface area contributed by atoms with Crippen molar-refractivity contribution in [3.63, 3.8) is 0 Å². The summed E-state index contributed by atoms with van der Waals surface area (Å²) in [6.45, 7) is 0.171. The van der Waals surface area contributed by atoms with Crippen LogP contribution in [0.15, 0.2) is 30.9 Å². The lowest BCUT2D eigenvalue weighted by Crippen LogP contribution is -2.38. The molecule has 0 fully saturated rings. The summed E-state index contributed by atoms with van der Waals surface area (Å²) in [4.78, 5) is 17.4. The summed E-state index contributed by atoms with van der Waals surface area (Å²) in [6.07, 6.45) is -0.0278. The van der Waals surface area contributed by atoms with Crippen molar-refractivity contribution in [1.29, 1.82) is 0 Å². The molecule has 9 heteroatoms. The highest BCUT2D eigenvalue weighted by atomic mass is 19.4. The normalized spacial score (nSPS) is 11.4. The Bertz CT molecular complexity index is 644. The van der Waals surface area contributed by atoms with Gasteiger partial charge >= 0.3 is 12.1 Å². The fraction of sp³-hybridized carbons (Fsp3) is 0.250. The highest BCUT2D eigenvalue weighted by molar-refractivity contribution is 5.66. The molecule has 0 unspecified atom stereocenters. The zero-order valence-corrected chi connectivity index (χ0v) is 10.6. The average Bonchev–Trinajstić information content (AvgIpc) is 2.45. The van der Waals surface area contributed by atoms with Crippen molar-refractivity contribution in [3.05, 3.63) is 36.5 Å². The smallest absolute Gasteiger partial charge is 0.434 e. The van der Waals surface area contributed by atoms with E-state index in [2.05, 4.69) is 15.1 Å². The van der Waals surface area contributed by atoms with E-state index in [0.717, 1.165) is 0 Å². The Balaban J connectivity index is 2.21. The van der Waals surface area contributed by atoms with Gasteiger partial charge in [0, 0.05) is 11.6 Å². The molecule has 0 saturated carbocycles. The van der Waals surface area contributed by atoms with Gasteiger partial charge in [0.25, 0.3) is 0 Å². The van der Waals surface area contributed by atoms with Crippen molar-refractivity contribution < 1.29 is 27.8 Å². The second kappa shape index (κ2) is 5.81. The molecule has 21 heavy (non-hydrogen) atoms. The number of aryl methyl sites for hydroxylation is 1. The maximum absolute atomic E-state index is 12.5. The van der Waals surface area contributed by atoms with Gasteiger partial charge in [0.15, 0.2) is 18.4 Å². The molecule has 2 aromatic heterocycles. The van der Waals surface area contributed by atoms with Crippen molar-refractivity contribution in [2.45, 2.75) is 19.1 Å². The molecule has 0 bridgehead atoms. The van der Waals surface area contributed by atoms with Gasteiger partial charge < -0.3 is 5.11 Å². The van der Waals surface area contributed by atoms with Crippen LogP contribution in [0.3, 0.4) is 0 Å². The number of hydrogen-bond donors (Lipinski definition) is 1. The number of halogens is 3. The van der Waals surface area contributed by atoms with E-state index in [1.54, 1.807) is 0 Å². The summed E-state index contributed by atoms with van der Waals surface area (Å²) in [5.74, 6) is -0.961. The molecule has 0 amide bonds. The summed E-state index contributed by atoms with van der Waals surface area (Å²) >= 11 is 0. The monoisotopic (exact) mass is 299 g/mol. The van der Waals surface area contributed by atoms with E-state index >= 15 is 0 Å². The van der Waals surface area contributed by atoms with Crippen LogP contribution in [-0.4, -0.2) is 26.1 Å². The topological polar surface area (TPSA) is 79.9 Å². The number of carboxylic acids is 1. The quantitative estimate of drug-likeness (QED) is 0.861. The second-order valence-corrected chi connectivity index (χ2v) is 4.11. The van der Waals surface area contributed by atoms with Gasteiger partial charge in [-0.1, -0.05) is 4.68 Å². The number of aromatic nitrogens is 4. The Morgan fingerprint density at radius 1 is 1.29 bits per heavy atom. The Morgan fingerprint density at radius 2 is 2.05 bits per heavy atom. The Kier molecular flexibility index (Phi) is 4.10. The molecule has 0 spiro atoms. The lowest BCUT2D eigenvalue weighted by molar-refractivity contribution is -0.752. The first-order chi connectivity index (χ1) is 9.86. The molecule has 2 rings (SSSR count). The molecular weight excluding hydrogens is 289 g/mol. The van der Waals surface area contributed by atoms with Crippen molar-refractivity contribution in [2.75, 3.05) is 0 Å². The number of carbonyl (C=O) groups is 1. The van der Waals surface area contributed by atoms with Gasteiger partial charge in [0.2, 0.25) is 0 Å². The Hall–Kier alpha value is -2.58. The first-order valence-electron chi connectivity index (χ1n) is 5.83. The minimum atomic E-state index is -4.56. The molecule has 0 aliphatic carbocycles. The highest BCUT2D eigenvalue weighted by Crippen LogP contribution is 2.28. The van der Waals surface area contributed by atoms with Gasteiger partial charge in [-0.3, -0.25) is 9.78 Å². The van der Waals surface area contributed by atoms with Crippen LogP contribution in [0.5, 0.6) is 0 Å². The van der Waals surface area contributed by atoms with Gasteiger partial charge in [0.05, 0.1) is 18.1 Å². The van der Waals surface area contributed by atoms with Crippen LogP contribution < -0.4 is 4.68 Å². The van der Waals surface area contributed by atoms with E-state index in [1.165, 1.54) is 29.3 Å². The van der Waals surface area contributed by atoms with E-state index in [-0.39, 0.29) is 18.7 Å². The average molecular weight is 299 g/mol. The fourth-order valence-electron chi connectivity index (χ4n) is 1.52. The van der Waals surface area contributed by atoms with Crippen LogP contribution in [0.1, 0.15) is 12.1 Å². The second-order valence-electron chi connectivity index (χ2n) is 4.11. The number of hydrogen-bond acceptors (Lipinski definition) is 4. The maximum atomic E-state index is 12.5. The fourth-order valence-corrected chi connectivity index (χ4v) is 1.52. The zero-order chi connectivity index (χ0) is 15.5. The van der Waals surface area contributed by atoms with E-state index < -0.39 is 17.8 Å². The van der Waals surface area contributed by atoms with Gasteiger partial charge in [0.1, 0.15) is 12.6 Å². The number of nitrogens with zero attached hydrogens (tertiary/aromatic N) is 4. The Labute approximate surface area is 116 Å². The third-order valence-corrected chi connectivity index (χ3v) is 2.55. The number of rotatable bonds is 4. The summed E-state index contributed by atoms with van der Waals surface area (Å²) in [5, 5.41) is 12.5. The van der Waals surface area contributed by atoms with Crippen molar-refractivity contribution >= 4 is 5.97 Å². The summed E-state index contributed by atoms with van der Waals surface area (Å²) in [5.41, 5.74) is -0.675. The molecule has 110 valence electrons. The largest absolute Gasteiger partial charge is 0.481 e. The number of alkyl halides is 3. The van der Waals surface area contributed by atoms with Crippen molar-refractivity contribution in [2.24, 2.45) is 0 Å². The molecule has 2 aromatic rings. The Morgan fingerprint density at radius 3 is 2.62 bits per heavy atom. The van der Waals surface area contributed by atoms with Gasteiger partial charge in [-0.25, -0.2) is 4.98 Å². The van der Waals surface area contributed by atoms with Gasteiger partial charge in [-0.15, -0.1) is 0 Å². The minimum absolute atomic E-state index is 0.0442. The third kappa shape index (κ3) is 3.94. The molecule has 2 heterocycles. The van der Waals surface area contributed by atoms with E-state index in [1.807, 2.05) is 0 Å². The van der Waals surface area contributed by atoms with E-state index in [4.69, 9.17) is 5.11 Å². The molecule has 0 radical (unpaired) electrons.